The molecule has 0 aliphatic rings. The van der Waals surface area contributed by atoms with Crippen LogP contribution in [0.1, 0.15) is 22.8 Å². The molecular weight excluding hydrogens is 297 g/mol. The van der Waals surface area contributed by atoms with E-state index in [-0.39, 0.29) is 17.0 Å². The highest BCUT2D eigenvalue weighted by Gasteiger charge is 2.18. The van der Waals surface area contributed by atoms with Crippen molar-refractivity contribution in [3.63, 3.8) is 0 Å². The molecule has 0 saturated carbocycles. The van der Waals surface area contributed by atoms with Crippen LogP contribution in [-0.2, 0) is 5.33 Å². The van der Waals surface area contributed by atoms with Crippen LogP contribution in [0.2, 0.25) is 0 Å². The second kappa shape index (κ2) is 5.41. The molecule has 4 nitrogen and oxygen atoms in total. The van der Waals surface area contributed by atoms with Crippen LogP contribution in [0.25, 0.3) is 0 Å². The fourth-order valence-electron chi connectivity index (χ4n) is 1.23. The van der Waals surface area contributed by atoms with E-state index in [1.54, 1.807) is 12.1 Å². The summed E-state index contributed by atoms with van der Waals surface area (Å²) in [5, 5.41) is 10.4. The topological polar surface area (TPSA) is 60.2 Å². The lowest BCUT2D eigenvalue weighted by Crippen LogP contribution is -2.11. The summed E-state index contributed by atoms with van der Waals surface area (Å²) in [6.07, 6.45) is 0. The van der Waals surface area contributed by atoms with Crippen molar-refractivity contribution in [2.45, 2.75) is 17.6 Å². The average Bonchev–Trinajstić information content (AvgIpc) is 2.26. The first-order chi connectivity index (χ1) is 7.47. The van der Waals surface area contributed by atoms with Crippen LogP contribution in [0.15, 0.2) is 18.2 Å². The van der Waals surface area contributed by atoms with Gasteiger partial charge >= 0.3 is 0 Å². The quantitative estimate of drug-likeness (QED) is 0.371. The van der Waals surface area contributed by atoms with Gasteiger partial charge in [-0.25, -0.2) is 0 Å². The molecule has 1 atom stereocenters. The number of hydrogen-bond acceptors (Lipinski definition) is 3. The third-order valence-electron chi connectivity index (χ3n) is 2.07. The largest absolute Gasteiger partial charge is 0.293 e. The molecule has 0 fully saturated rings. The van der Waals surface area contributed by atoms with Gasteiger partial charge < -0.3 is 0 Å². The SMILES string of the molecule is CC(Cl)C(=O)c1ccc(CBr)c([N+](=O)[O-])c1. The summed E-state index contributed by atoms with van der Waals surface area (Å²) in [7, 11) is 0. The van der Waals surface area contributed by atoms with E-state index in [0.717, 1.165) is 0 Å². The van der Waals surface area contributed by atoms with Gasteiger partial charge in [0.1, 0.15) is 0 Å². The van der Waals surface area contributed by atoms with Gasteiger partial charge in [0.2, 0.25) is 0 Å². The van der Waals surface area contributed by atoms with E-state index in [1.165, 1.54) is 13.0 Å². The number of carbonyl (C=O) groups excluding carboxylic acids is 1. The van der Waals surface area contributed by atoms with Gasteiger partial charge in [0.05, 0.1) is 10.3 Å². The number of nitro benzene ring substituents is 1. The van der Waals surface area contributed by atoms with E-state index < -0.39 is 10.3 Å². The number of halogens is 2. The monoisotopic (exact) mass is 305 g/mol. The molecule has 0 amide bonds. The number of rotatable bonds is 4. The van der Waals surface area contributed by atoms with E-state index in [0.29, 0.717) is 10.9 Å². The lowest BCUT2D eigenvalue weighted by molar-refractivity contribution is -0.385. The first-order valence-electron chi connectivity index (χ1n) is 4.49. The van der Waals surface area contributed by atoms with Gasteiger partial charge in [-0.3, -0.25) is 14.9 Å². The summed E-state index contributed by atoms with van der Waals surface area (Å²) < 4.78 is 0. The fraction of sp³-hybridized carbons (Fsp3) is 0.300. The lowest BCUT2D eigenvalue weighted by Gasteiger charge is -2.04. The Morgan fingerprint density at radius 2 is 2.25 bits per heavy atom. The minimum Gasteiger partial charge on any atom is -0.293 e. The van der Waals surface area contributed by atoms with E-state index in [4.69, 9.17) is 11.6 Å². The maximum atomic E-state index is 11.6. The zero-order chi connectivity index (χ0) is 12.3. The van der Waals surface area contributed by atoms with E-state index >= 15 is 0 Å². The average molecular weight is 307 g/mol. The van der Waals surface area contributed by atoms with E-state index in [2.05, 4.69) is 15.9 Å². The van der Waals surface area contributed by atoms with Crippen LogP contribution < -0.4 is 0 Å². The molecule has 0 heterocycles. The van der Waals surface area contributed by atoms with Gasteiger partial charge in [0, 0.05) is 22.5 Å². The molecule has 0 radical (unpaired) electrons. The highest BCUT2D eigenvalue weighted by molar-refractivity contribution is 9.08. The van der Waals surface area contributed by atoms with Gasteiger partial charge in [-0.05, 0) is 6.92 Å². The van der Waals surface area contributed by atoms with Gasteiger partial charge in [0.15, 0.2) is 5.78 Å². The van der Waals surface area contributed by atoms with Crippen molar-refractivity contribution >= 4 is 39.0 Å². The van der Waals surface area contributed by atoms with Crippen molar-refractivity contribution in [2.24, 2.45) is 0 Å². The number of nitro groups is 1. The molecule has 86 valence electrons. The summed E-state index contributed by atoms with van der Waals surface area (Å²) >= 11 is 8.79. The standard InChI is InChI=1S/C10H9BrClNO3/c1-6(12)10(14)7-2-3-8(5-11)9(4-7)13(15)16/h2-4,6H,5H2,1H3. The first-order valence-corrected chi connectivity index (χ1v) is 6.04. The molecule has 1 rings (SSSR count). The van der Waals surface area contributed by atoms with Gasteiger partial charge in [-0.2, -0.15) is 0 Å². The Kier molecular flexibility index (Phi) is 4.44. The van der Waals surface area contributed by atoms with Crippen molar-refractivity contribution in [2.75, 3.05) is 0 Å². The van der Waals surface area contributed by atoms with Crippen LogP contribution >= 0.6 is 27.5 Å². The summed E-state index contributed by atoms with van der Waals surface area (Å²) in [6.45, 7) is 1.54. The highest BCUT2D eigenvalue weighted by atomic mass is 79.9. The normalized spacial score (nSPS) is 12.2. The van der Waals surface area contributed by atoms with Crippen LogP contribution in [0.5, 0.6) is 0 Å². The number of hydrogen-bond donors (Lipinski definition) is 0. The Hall–Kier alpha value is -0.940. The van der Waals surface area contributed by atoms with Gasteiger partial charge in [0.25, 0.3) is 5.69 Å². The number of ketones is 1. The van der Waals surface area contributed by atoms with Crippen molar-refractivity contribution < 1.29 is 9.72 Å². The summed E-state index contributed by atoms with van der Waals surface area (Å²) in [6, 6.07) is 4.36. The number of Topliss-reactive ketones (excluding diaryl/α,β-unsaturated/α-hetero) is 1. The van der Waals surface area contributed by atoms with Crippen molar-refractivity contribution in [1.29, 1.82) is 0 Å². The molecule has 1 unspecified atom stereocenters. The molecule has 0 N–H and O–H groups in total. The van der Waals surface area contributed by atoms with Crippen LogP contribution in [0, 0.1) is 10.1 Å². The molecule has 16 heavy (non-hydrogen) atoms. The molecule has 0 aromatic heterocycles. The third kappa shape index (κ3) is 2.80. The summed E-state index contributed by atoms with van der Waals surface area (Å²) in [4.78, 5) is 21.8. The van der Waals surface area contributed by atoms with Crippen molar-refractivity contribution in [1.82, 2.24) is 0 Å². The summed E-state index contributed by atoms with van der Waals surface area (Å²) in [5.74, 6) is -0.314. The first kappa shape index (κ1) is 13.1. The number of carbonyl (C=O) groups is 1. The number of alkyl halides is 2. The van der Waals surface area contributed by atoms with Crippen LogP contribution in [0.4, 0.5) is 5.69 Å². The molecule has 0 aliphatic heterocycles. The maximum absolute atomic E-state index is 11.6. The molecule has 1 aromatic rings. The number of nitrogens with zero attached hydrogens (tertiary/aromatic N) is 1. The number of benzene rings is 1. The minimum atomic E-state index is -0.686. The van der Waals surface area contributed by atoms with Gasteiger partial charge in [-0.15, -0.1) is 11.6 Å². The smallest absolute Gasteiger partial charge is 0.274 e. The molecular formula is C10H9BrClNO3. The molecule has 0 saturated heterocycles. The molecule has 0 aliphatic carbocycles. The van der Waals surface area contributed by atoms with E-state index in [9.17, 15) is 14.9 Å². The maximum Gasteiger partial charge on any atom is 0.274 e. The Labute approximate surface area is 106 Å². The second-order valence-electron chi connectivity index (χ2n) is 3.21. The Balaban J connectivity index is 3.22. The lowest BCUT2D eigenvalue weighted by atomic mass is 10.1. The highest BCUT2D eigenvalue weighted by Crippen LogP contribution is 2.23. The molecule has 0 bridgehead atoms. The summed E-state index contributed by atoms with van der Waals surface area (Å²) in [5.41, 5.74) is 0.725. The molecule has 0 spiro atoms. The Bertz CT molecular complexity index is 434. The van der Waals surface area contributed by atoms with Crippen LogP contribution in [-0.4, -0.2) is 16.1 Å². The fourth-order valence-corrected chi connectivity index (χ4v) is 1.83. The predicted octanol–water partition coefficient (Wildman–Crippen LogP) is 3.30. The predicted molar refractivity (Wildman–Crippen MR) is 65.4 cm³/mol. The molecule has 6 heteroatoms. The molecule has 1 aromatic carbocycles. The third-order valence-corrected chi connectivity index (χ3v) is 2.87. The van der Waals surface area contributed by atoms with E-state index in [1.807, 2.05) is 0 Å². The Morgan fingerprint density at radius 1 is 1.62 bits per heavy atom. The Morgan fingerprint density at radius 3 is 2.69 bits per heavy atom. The minimum absolute atomic E-state index is 0.0694. The second-order valence-corrected chi connectivity index (χ2v) is 4.43. The van der Waals surface area contributed by atoms with Crippen molar-refractivity contribution in [3.8, 4) is 0 Å². The van der Waals surface area contributed by atoms with Gasteiger partial charge in [-0.1, -0.05) is 28.1 Å². The van der Waals surface area contributed by atoms with Crippen molar-refractivity contribution in [3.05, 3.63) is 39.4 Å². The zero-order valence-corrected chi connectivity index (χ0v) is 10.8. The zero-order valence-electron chi connectivity index (χ0n) is 8.44. The van der Waals surface area contributed by atoms with Crippen LogP contribution in [0.3, 0.4) is 0 Å².